The van der Waals surface area contributed by atoms with E-state index in [0.717, 1.165) is 31.4 Å². The molecule has 0 aliphatic carbocycles. The van der Waals surface area contributed by atoms with E-state index < -0.39 is 5.60 Å². The molecule has 108 valence electrons. The fourth-order valence-electron chi connectivity index (χ4n) is 2.02. The maximum atomic E-state index is 9.09. The van der Waals surface area contributed by atoms with Gasteiger partial charge in [0.1, 0.15) is 11.3 Å². The lowest BCUT2D eigenvalue weighted by atomic mass is 10.1. The largest absolute Gasteiger partial charge is 0.392 e. The van der Waals surface area contributed by atoms with Crippen LogP contribution in [0.1, 0.15) is 44.4 Å². The van der Waals surface area contributed by atoms with E-state index in [1.165, 1.54) is 0 Å². The quantitative estimate of drug-likeness (QED) is 0.860. The van der Waals surface area contributed by atoms with E-state index in [4.69, 9.17) is 14.6 Å². The smallest absolute Gasteiger partial charge is 0.159 e. The summed E-state index contributed by atoms with van der Waals surface area (Å²) < 4.78 is 11.4. The molecule has 1 unspecified atom stereocenters. The second kappa shape index (κ2) is 6.85. The van der Waals surface area contributed by atoms with Gasteiger partial charge in [0.05, 0.1) is 6.61 Å². The lowest BCUT2D eigenvalue weighted by Crippen LogP contribution is -2.33. The highest BCUT2D eigenvalue weighted by molar-refractivity contribution is 5.32. The summed E-state index contributed by atoms with van der Waals surface area (Å²) in [7, 11) is 0. The molecule has 1 N–H and O–H groups in total. The number of pyridine rings is 1. The summed E-state index contributed by atoms with van der Waals surface area (Å²) >= 11 is 0. The van der Waals surface area contributed by atoms with E-state index in [1.807, 2.05) is 13.8 Å². The SMILES string of the molecule is CC(C)(C#Cc1cc(CO)ccn1)OC1CCCCO1. The molecule has 1 saturated heterocycles. The number of rotatable bonds is 3. The zero-order chi connectivity index (χ0) is 14.4. The van der Waals surface area contributed by atoms with Gasteiger partial charge in [-0.3, -0.25) is 0 Å². The first-order chi connectivity index (χ1) is 9.59. The Morgan fingerprint density at radius 3 is 3.05 bits per heavy atom. The van der Waals surface area contributed by atoms with Crippen LogP contribution in [0.3, 0.4) is 0 Å². The van der Waals surface area contributed by atoms with Crippen molar-refractivity contribution in [1.82, 2.24) is 4.98 Å². The molecule has 1 aliphatic heterocycles. The van der Waals surface area contributed by atoms with Crippen LogP contribution in [0.5, 0.6) is 0 Å². The normalized spacial score (nSPS) is 19.2. The minimum atomic E-state index is -0.584. The summed E-state index contributed by atoms with van der Waals surface area (Å²) in [6, 6.07) is 3.54. The predicted octanol–water partition coefficient (Wildman–Crippen LogP) is 2.25. The topological polar surface area (TPSA) is 51.6 Å². The number of aliphatic hydroxyl groups excluding tert-OH is 1. The maximum Gasteiger partial charge on any atom is 0.159 e. The Hall–Kier alpha value is -1.41. The molecule has 1 fully saturated rings. The lowest BCUT2D eigenvalue weighted by molar-refractivity contribution is -0.199. The van der Waals surface area contributed by atoms with E-state index in [2.05, 4.69) is 16.8 Å². The van der Waals surface area contributed by atoms with Gasteiger partial charge in [-0.2, -0.15) is 0 Å². The Balaban J connectivity index is 2.01. The second-order valence-electron chi connectivity index (χ2n) is 5.38. The van der Waals surface area contributed by atoms with Crippen molar-refractivity contribution < 1.29 is 14.6 Å². The summed E-state index contributed by atoms with van der Waals surface area (Å²) in [5, 5.41) is 9.09. The summed E-state index contributed by atoms with van der Waals surface area (Å²) in [5.41, 5.74) is 0.857. The van der Waals surface area contributed by atoms with Crippen LogP contribution in [0.25, 0.3) is 0 Å². The zero-order valence-corrected chi connectivity index (χ0v) is 12.1. The molecule has 0 aromatic carbocycles. The summed E-state index contributed by atoms with van der Waals surface area (Å²) in [5.74, 6) is 6.07. The fraction of sp³-hybridized carbons (Fsp3) is 0.562. The molecule has 0 spiro atoms. The van der Waals surface area contributed by atoms with Crippen LogP contribution in [0.2, 0.25) is 0 Å². The molecule has 4 nitrogen and oxygen atoms in total. The molecule has 1 aliphatic rings. The van der Waals surface area contributed by atoms with Gasteiger partial charge in [-0.15, -0.1) is 0 Å². The Morgan fingerprint density at radius 2 is 2.35 bits per heavy atom. The van der Waals surface area contributed by atoms with E-state index in [1.54, 1.807) is 18.3 Å². The summed E-state index contributed by atoms with van der Waals surface area (Å²) in [4.78, 5) is 4.17. The molecule has 1 atom stereocenters. The third-order valence-corrected chi connectivity index (χ3v) is 3.06. The van der Waals surface area contributed by atoms with Crippen LogP contribution < -0.4 is 0 Å². The number of nitrogens with zero attached hydrogens (tertiary/aromatic N) is 1. The molecule has 1 aromatic heterocycles. The lowest BCUT2D eigenvalue weighted by Gasteiger charge is -2.29. The van der Waals surface area contributed by atoms with Crippen molar-refractivity contribution in [1.29, 1.82) is 0 Å². The monoisotopic (exact) mass is 275 g/mol. The van der Waals surface area contributed by atoms with E-state index >= 15 is 0 Å². The number of ether oxygens (including phenoxy) is 2. The molecular weight excluding hydrogens is 254 g/mol. The van der Waals surface area contributed by atoms with Crippen molar-refractivity contribution >= 4 is 0 Å². The Morgan fingerprint density at radius 1 is 1.50 bits per heavy atom. The highest BCUT2D eigenvalue weighted by Crippen LogP contribution is 2.20. The van der Waals surface area contributed by atoms with E-state index in [9.17, 15) is 0 Å². The van der Waals surface area contributed by atoms with Crippen molar-refractivity contribution in [3.8, 4) is 11.8 Å². The highest BCUT2D eigenvalue weighted by Gasteiger charge is 2.23. The first-order valence-electron chi connectivity index (χ1n) is 6.97. The van der Waals surface area contributed by atoms with Crippen molar-refractivity contribution in [2.75, 3.05) is 6.61 Å². The first-order valence-corrected chi connectivity index (χ1v) is 6.97. The molecule has 4 heteroatoms. The average Bonchev–Trinajstić information content (AvgIpc) is 2.46. The Labute approximate surface area is 120 Å². The maximum absolute atomic E-state index is 9.09. The number of hydrogen-bond donors (Lipinski definition) is 1. The van der Waals surface area contributed by atoms with Crippen LogP contribution in [0.4, 0.5) is 0 Å². The van der Waals surface area contributed by atoms with Gasteiger partial charge in [-0.1, -0.05) is 5.92 Å². The van der Waals surface area contributed by atoms with Gasteiger partial charge in [0.15, 0.2) is 6.29 Å². The van der Waals surface area contributed by atoms with E-state index in [0.29, 0.717) is 5.69 Å². The Kier molecular flexibility index (Phi) is 5.13. The summed E-state index contributed by atoms with van der Waals surface area (Å²) in [6.07, 6.45) is 4.64. The molecule has 0 radical (unpaired) electrons. The molecule has 0 bridgehead atoms. The molecule has 2 heterocycles. The minimum Gasteiger partial charge on any atom is -0.392 e. The van der Waals surface area contributed by atoms with Gasteiger partial charge < -0.3 is 14.6 Å². The fourth-order valence-corrected chi connectivity index (χ4v) is 2.02. The van der Waals surface area contributed by atoms with Crippen LogP contribution in [-0.4, -0.2) is 28.6 Å². The predicted molar refractivity (Wildman–Crippen MR) is 75.8 cm³/mol. The minimum absolute atomic E-state index is 0.00694. The standard InChI is InChI=1S/C16H21NO3/c1-16(2,20-15-5-3-4-10-19-15)8-6-14-11-13(12-18)7-9-17-14/h7,9,11,15,18H,3-5,10,12H2,1-2H3. The first kappa shape index (κ1) is 15.0. The molecule has 0 saturated carbocycles. The van der Waals surface area contributed by atoms with Gasteiger partial charge in [-0.25, -0.2) is 4.98 Å². The van der Waals surface area contributed by atoms with Gasteiger partial charge in [-0.05, 0) is 56.7 Å². The zero-order valence-electron chi connectivity index (χ0n) is 12.1. The molecule has 2 rings (SSSR count). The van der Waals surface area contributed by atoms with Crippen molar-refractivity contribution in [2.45, 2.75) is 51.6 Å². The molecule has 20 heavy (non-hydrogen) atoms. The van der Waals surface area contributed by atoms with Crippen molar-refractivity contribution in [3.05, 3.63) is 29.6 Å². The number of aromatic nitrogens is 1. The van der Waals surface area contributed by atoms with Gasteiger partial charge in [0.2, 0.25) is 0 Å². The van der Waals surface area contributed by atoms with Gasteiger partial charge in [0, 0.05) is 12.8 Å². The van der Waals surface area contributed by atoms with Crippen molar-refractivity contribution in [3.63, 3.8) is 0 Å². The highest BCUT2D eigenvalue weighted by atomic mass is 16.7. The van der Waals surface area contributed by atoms with Gasteiger partial charge in [0.25, 0.3) is 0 Å². The van der Waals surface area contributed by atoms with Crippen LogP contribution in [-0.2, 0) is 16.1 Å². The molecule has 1 aromatic rings. The third kappa shape index (κ3) is 4.61. The number of hydrogen-bond acceptors (Lipinski definition) is 4. The number of aliphatic hydroxyl groups is 1. The van der Waals surface area contributed by atoms with Crippen LogP contribution in [0, 0.1) is 11.8 Å². The van der Waals surface area contributed by atoms with E-state index in [-0.39, 0.29) is 12.9 Å². The third-order valence-electron chi connectivity index (χ3n) is 3.06. The van der Waals surface area contributed by atoms with Gasteiger partial charge >= 0.3 is 0 Å². The molecule has 0 amide bonds. The Bertz CT molecular complexity index is 496. The van der Waals surface area contributed by atoms with Crippen molar-refractivity contribution in [2.24, 2.45) is 0 Å². The summed E-state index contributed by atoms with van der Waals surface area (Å²) in [6.45, 7) is 4.60. The van der Waals surface area contributed by atoms with Crippen LogP contribution in [0.15, 0.2) is 18.3 Å². The average molecular weight is 275 g/mol. The molecular formula is C16H21NO3. The second-order valence-corrected chi connectivity index (χ2v) is 5.38. The van der Waals surface area contributed by atoms with Crippen LogP contribution >= 0.6 is 0 Å².